The second kappa shape index (κ2) is 12.5. The van der Waals surface area contributed by atoms with Crippen LogP contribution in [-0.4, -0.2) is 47.7 Å². The highest BCUT2D eigenvalue weighted by Gasteiger charge is 2.28. The number of alkyl halides is 1. The molecule has 166 valence electrons. The number of carbonyl (C=O) groups is 4. The second-order valence-corrected chi connectivity index (χ2v) is 7.25. The summed E-state index contributed by atoms with van der Waals surface area (Å²) in [6.07, 6.45) is -0.768. The van der Waals surface area contributed by atoms with Crippen molar-refractivity contribution >= 4 is 41.2 Å². The number of primary amides is 1. The molecule has 0 heterocycles. The molecule has 0 saturated heterocycles. The Kier molecular flexibility index (Phi) is 10.5. The van der Waals surface area contributed by atoms with Crippen LogP contribution in [0.3, 0.4) is 0 Å². The van der Waals surface area contributed by atoms with E-state index < -0.39 is 36.0 Å². The fourth-order valence-electron chi connectivity index (χ4n) is 2.62. The predicted octanol–water partition coefficient (Wildman–Crippen LogP) is 1.59. The number of hydrogen-bond donors (Lipinski definition) is 6. The quantitative estimate of drug-likeness (QED) is 0.226. The zero-order chi connectivity index (χ0) is 22.7. The van der Waals surface area contributed by atoms with Gasteiger partial charge in [0.15, 0.2) is 0 Å². The zero-order valence-electron chi connectivity index (χ0n) is 16.9. The topological polar surface area (TPSA) is 163 Å². The lowest BCUT2D eigenvalue weighted by atomic mass is 10.0. The van der Waals surface area contributed by atoms with Crippen molar-refractivity contribution < 1.29 is 24.3 Å². The van der Waals surface area contributed by atoms with Gasteiger partial charge in [-0.2, -0.15) is 0 Å². The first kappa shape index (κ1) is 25.0. The Morgan fingerprint density at radius 3 is 2.20 bits per heavy atom. The Balaban J connectivity index is 2.87. The van der Waals surface area contributed by atoms with Gasteiger partial charge in [-0.05, 0) is 36.5 Å². The number of hydrogen-bond acceptors (Lipinski definition) is 4. The smallest absolute Gasteiger partial charge is 0.405 e. The molecule has 10 nitrogen and oxygen atoms in total. The zero-order valence-corrected chi connectivity index (χ0v) is 17.7. The normalized spacial score (nSPS) is 12.5. The van der Waals surface area contributed by atoms with Crippen molar-refractivity contribution in [3.05, 3.63) is 29.8 Å². The van der Waals surface area contributed by atoms with Gasteiger partial charge in [0.2, 0.25) is 11.8 Å². The van der Waals surface area contributed by atoms with Gasteiger partial charge >= 0.3 is 12.1 Å². The third kappa shape index (κ3) is 8.99. The van der Waals surface area contributed by atoms with Gasteiger partial charge in [0.25, 0.3) is 0 Å². The standard InChI is InChI=1S/C19H28ClN5O5/c1-11(2)15(25-19(29)30)17(27)24-14(4-3-9-22-18(21)28)16(26)23-13-7-5-12(10-20)6-8-13/h5-8,11,14-15,25H,3-4,9-10H2,1-2H3,(H,23,26)(H,24,27)(H,29,30)(H3,21,22,28). The number of nitrogens with two attached hydrogens (primary N) is 1. The number of rotatable bonds is 11. The molecule has 0 radical (unpaired) electrons. The number of amides is 5. The molecular formula is C19H28ClN5O5. The van der Waals surface area contributed by atoms with E-state index in [1.165, 1.54) is 0 Å². The predicted molar refractivity (Wildman–Crippen MR) is 113 cm³/mol. The number of carbonyl (C=O) groups excluding carboxylic acids is 3. The van der Waals surface area contributed by atoms with Crippen molar-refractivity contribution in [3.63, 3.8) is 0 Å². The third-order valence-corrected chi connectivity index (χ3v) is 4.51. The van der Waals surface area contributed by atoms with Crippen LogP contribution < -0.4 is 27.0 Å². The summed E-state index contributed by atoms with van der Waals surface area (Å²) in [6.45, 7) is 3.59. The minimum Gasteiger partial charge on any atom is -0.465 e. The van der Waals surface area contributed by atoms with Crippen LogP contribution in [0, 0.1) is 5.92 Å². The molecule has 7 N–H and O–H groups in total. The summed E-state index contributed by atoms with van der Waals surface area (Å²) in [5.41, 5.74) is 6.43. The molecule has 0 aliphatic heterocycles. The molecule has 1 rings (SSSR count). The van der Waals surface area contributed by atoms with Crippen molar-refractivity contribution in [1.29, 1.82) is 0 Å². The fourth-order valence-corrected chi connectivity index (χ4v) is 2.80. The summed E-state index contributed by atoms with van der Waals surface area (Å²) in [5.74, 6) is -1.08. The van der Waals surface area contributed by atoms with Crippen LogP contribution in [0.2, 0.25) is 0 Å². The van der Waals surface area contributed by atoms with Crippen LogP contribution in [-0.2, 0) is 15.5 Å². The van der Waals surface area contributed by atoms with E-state index >= 15 is 0 Å². The van der Waals surface area contributed by atoms with Crippen LogP contribution in [0.4, 0.5) is 15.3 Å². The molecule has 0 saturated carbocycles. The molecule has 2 unspecified atom stereocenters. The Bertz CT molecular complexity index is 741. The van der Waals surface area contributed by atoms with Crippen molar-refractivity contribution in [1.82, 2.24) is 16.0 Å². The molecule has 0 aliphatic rings. The van der Waals surface area contributed by atoms with Crippen LogP contribution >= 0.6 is 11.6 Å². The van der Waals surface area contributed by atoms with E-state index in [1.54, 1.807) is 38.1 Å². The molecular weight excluding hydrogens is 414 g/mol. The first-order chi connectivity index (χ1) is 14.1. The fraction of sp³-hybridized carbons (Fsp3) is 0.474. The molecule has 11 heteroatoms. The van der Waals surface area contributed by atoms with E-state index in [4.69, 9.17) is 22.4 Å². The number of anilines is 1. The number of halogens is 1. The van der Waals surface area contributed by atoms with Gasteiger partial charge < -0.3 is 32.1 Å². The van der Waals surface area contributed by atoms with Crippen molar-refractivity contribution in [2.45, 2.75) is 44.7 Å². The molecule has 2 atom stereocenters. The largest absolute Gasteiger partial charge is 0.465 e. The summed E-state index contributed by atoms with van der Waals surface area (Å²) in [6, 6.07) is 4.24. The molecule has 0 bridgehead atoms. The lowest BCUT2D eigenvalue weighted by molar-refractivity contribution is -0.128. The average molecular weight is 442 g/mol. The third-order valence-electron chi connectivity index (χ3n) is 4.21. The Morgan fingerprint density at radius 2 is 1.70 bits per heavy atom. The summed E-state index contributed by atoms with van der Waals surface area (Å²) < 4.78 is 0. The van der Waals surface area contributed by atoms with Crippen LogP contribution in [0.5, 0.6) is 0 Å². The number of benzene rings is 1. The molecule has 0 aromatic heterocycles. The van der Waals surface area contributed by atoms with E-state index in [0.717, 1.165) is 5.56 Å². The van der Waals surface area contributed by atoms with Gasteiger partial charge in [-0.25, -0.2) is 9.59 Å². The van der Waals surface area contributed by atoms with Gasteiger partial charge in [-0.15, -0.1) is 11.6 Å². The maximum absolute atomic E-state index is 12.7. The van der Waals surface area contributed by atoms with Crippen molar-refractivity contribution in [2.75, 3.05) is 11.9 Å². The highest BCUT2D eigenvalue weighted by molar-refractivity contribution is 6.17. The van der Waals surface area contributed by atoms with Gasteiger partial charge in [0.1, 0.15) is 12.1 Å². The lowest BCUT2D eigenvalue weighted by Gasteiger charge is -2.24. The van der Waals surface area contributed by atoms with E-state index in [-0.39, 0.29) is 18.9 Å². The molecule has 5 amide bonds. The van der Waals surface area contributed by atoms with Gasteiger partial charge in [0, 0.05) is 18.1 Å². The molecule has 0 aliphatic carbocycles. The monoisotopic (exact) mass is 441 g/mol. The molecule has 0 fully saturated rings. The van der Waals surface area contributed by atoms with Crippen molar-refractivity contribution in [2.24, 2.45) is 11.7 Å². The average Bonchev–Trinajstić information content (AvgIpc) is 2.68. The number of urea groups is 1. The summed E-state index contributed by atoms with van der Waals surface area (Å²) in [5, 5.41) is 18.8. The summed E-state index contributed by atoms with van der Waals surface area (Å²) >= 11 is 5.76. The van der Waals surface area contributed by atoms with Crippen LogP contribution in [0.15, 0.2) is 24.3 Å². The maximum atomic E-state index is 12.7. The molecule has 1 aromatic rings. The minimum absolute atomic E-state index is 0.204. The van der Waals surface area contributed by atoms with E-state index in [2.05, 4.69) is 21.3 Å². The Labute approximate surface area is 179 Å². The highest BCUT2D eigenvalue weighted by atomic mass is 35.5. The van der Waals surface area contributed by atoms with E-state index in [1.807, 2.05) is 0 Å². The SMILES string of the molecule is CC(C)C(NC(=O)O)C(=O)NC(CCCNC(N)=O)C(=O)Nc1ccc(CCl)cc1. The molecule has 1 aromatic carbocycles. The van der Waals surface area contributed by atoms with E-state index in [0.29, 0.717) is 18.0 Å². The maximum Gasteiger partial charge on any atom is 0.405 e. The van der Waals surface area contributed by atoms with Gasteiger partial charge in [0.05, 0.1) is 0 Å². The Morgan fingerprint density at radius 1 is 1.07 bits per heavy atom. The number of nitrogens with one attached hydrogen (secondary N) is 4. The molecule has 30 heavy (non-hydrogen) atoms. The summed E-state index contributed by atoms with van der Waals surface area (Å²) in [7, 11) is 0. The first-order valence-electron chi connectivity index (χ1n) is 9.43. The van der Waals surface area contributed by atoms with Crippen LogP contribution in [0.25, 0.3) is 0 Å². The second-order valence-electron chi connectivity index (χ2n) is 6.99. The minimum atomic E-state index is -1.34. The lowest BCUT2D eigenvalue weighted by Crippen LogP contribution is -2.54. The molecule has 0 spiro atoms. The van der Waals surface area contributed by atoms with Gasteiger partial charge in [-0.3, -0.25) is 9.59 Å². The summed E-state index contributed by atoms with van der Waals surface area (Å²) in [4.78, 5) is 47.1. The first-order valence-corrected chi connectivity index (χ1v) is 9.96. The highest BCUT2D eigenvalue weighted by Crippen LogP contribution is 2.13. The van der Waals surface area contributed by atoms with E-state index in [9.17, 15) is 19.2 Å². The van der Waals surface area contributed by atoms with Gasteiger partial charge in [-0.1, -0.05) is 26.0 Å². The van der Waals surface area contributed by atoms with Crippen LogP contribution in [0.1, 0.15) is 32.3 Å². The van der Waals surface area contributed by atoms with Crippen molar-refractivity contribution in [3.8, 4) is 0 Å². The Hall–Kier alpha value is -3.01. The number of carboxylic acid groups (broad SMARTS) is 1.